The van der Waals surface area contributed by atoms with Gasteiger partial charge in [0.15, 0.2) is 0 Å². The Labute approximate surface area is 115 Å². The first kappa shape index (κ1) is 15.8. The van der Waals surface area contributed by atoms with Gasteiger partial charge in [0, 0.05) is 11.6 Å². The maximum Gasteiger partial charge on any atom is 0.127 e. The first-order chi connectivity index (χ1) is 8.99. The summed E-state index contributed by atoms with van der Waals surface area (Å²) in [4.78, 5) is 0. The second-order valence-electron chi connectivity index (χ2n) is 5.17. The van der Waals surface area contributed by atoms with Crippen LogP contribution in [0.2, 0.25) is 0 Å². The second-order valence-corrected chi connectivity index (χ2v) is 5.17. The Bertz CT molecular complexity index is 393. The quantitative estimate of drug-likeness (QED) is 0.796. The van der Waals surface area contributed by atoms with Gasteiger partial charge in [-0.05, 0) is 30.9 Å². The number of hydrogen-bond donors (Lipinski definition) is 2. The molecule has 0 bridgehead atoms. The molecule has 3 N–H and O–H groups in total. The van der Waals surface area contributed by atoms with E-state index in [1.54, 1.807) is 20.3 Å². The summed E-state index contributed by atoms with van der Waals surface area (Å²) in [5, 5.41) is 10.2. The van der Waals surface area contributed by atoms with Crippen molar-refractivity contribution in [1.29, 1.82) is 0 Å². The zero-order valence-corrected chi connectivity index (χ0v) is 12.2. The smallest absolute Gasteiger partial charge is 0.127 e. The van der Waals surface area contributed by atoms with E-state index in [0.717, 1.165) is 12.0 Å². The predicted octanol–water partition coefficient (Wildman–Crippen LogP) is 2.50. The molecule has 1 aromatic rings. The minimum Gasteiger partial charge on any atom is -0.497 e. The maximum absolute atomic E-state index is 10.2. The molecule has 4 nitrogen and oxygen atoms in total. The van der Waals surface area contributed by atoms with Gasteiger partial charge in [0.25, 0.3) is 0 Å². The number of hydrogen-bond acceptors (Lipinski definition) is 4. The van der Waals surface area contributed by atoms with Crippen LogP contribution in [0.25, 0.3) is 0 Å². The van der Waals surface area contributed by atoms with Crippen molar-refractivity contribution in [3.8, 4) is 11.5 Å². The van der Waals surface area contributed by atoms with Gasteiger partial charge in [-0.1, -0.05) is 13.8 Å². The Morgan fingerprint density at radius 2 is 1.84 bits per heavy atom. The van der Waals surface area contributed by atoms with Crippen molar-refractivity contribution < 1.29 is 14.6 Å². The highest BCUT2D eigenvalue weighted by atomic mass is 16.5. The number of nitrogens with two attached hydrogens (primary N) is 1. The van der Waals surface area contributed by atoms with Crippen LogP contribution in [0, 0.1) is 5.92 Å². The molecule has 0 aliphatic carbocycles. The molecule has 4 heteroatoms. The molecule has 0 saturated heterocycles. The van der Waals surface area contributed by atoms with Gasteiger partial charge < -0.3 is 20.3 Å². The van der Waals surface area contributed by atoms with E-state index in [0.29, 0.717) is 23.8 Å². The molecule has 1 rings (SSSR count). The van der Waals surface area contributed by atoms with Gasteiger partial charge in [-0.3, -0.25) is 0 Å². The lowest BCUT2D eigenvalue weighted by molar-refractivity contribution is 0.127. The highest BCUT2D eigenvalue weighted by Crippen LogP contribution is 2.31. The fourth-order valence-corrected chi connectivity index (χ4v) is 1.98. The highest BCUT2D eigenvalue weighted by Gasteiger charge is 2.20. The van der Waals surface area contributed by atoms with Crippen molar-refractivity contribution in [3.63, 3.8) is 0 Å². The first-order valence-electron chi connectivity index (χ1n) is 6.65. The van der Waals surface area contributed by atoms with Crippen molar-refractivity contribution in [2.24, 2.45) is 11.7 Å². The number of aliphatic hydroxyl groups excluding tert-OH is 1. The summed E-state index contributed by atoms with van der Waals surface area (Å²) in [6.07, 6.45) is 1.08. The van der Waals surface area contributed by atoms with Crippen molar-refractivity contribution >= 4 is 0 Å². The topological polar surface area (TPSA) is 64.7 Å². The summed E-state index contributed by atoms with van der Waals surface area (Å²) in [5.41, 5.74) is 6.93. The van der Waals surface area contributed by atoms with Gasteiger partial charge in [-0.25, -0.2) is 0 Å². The zero-order chi connectivity index (χ0) is 14.4. The van der Waals surface area contributed by atoms with E-state index in [1.807, 2.05) is 12.1 Å². The monoisotopic (exact) mass is 267 g/mol. The van der Waals surface area contributed by atoms with Gasteiger partial charge in [-0.2, -0.15) is 0 Å². The van der Waals surface area contributed by atoms with Crippen LogP contribution in [-0.4, -0.2) is 25.4 Å². The lowest BCUT2D eigenvalue weighted by Crippen LogP contribution is -2.27. The van der Waals surface area contributed by atoms with E-state index in [4.69, 9.17) is 15.2 Å². The Morgan fingerprint density at radius 3 is 2.37 bits per heavy atom. The molecule has 0 amide bonds. The largest absolute Gasteiger partial charge is 0.497 e. The summed E-state index contributed by atoms with van der Waals surface area (Å²) in [6.45, 7) is 4.26. The molecule has 0 aromatic heterocycles. The van der Waals surface area contributed by atoms with Gasteiger partial charge in [0.05, 0.1) is 26.4 Å². The van der Waals surface area contributed by atoms with E-state index in [9.17, 15) is 5.11 Å². The molecule has 0 saturated carbocycles. The molecule has 0 spiro atoms. The third-order valence-electron chi connectivity index (χ3n) is 3.25. The van der Waals surface area contributed by atoms with Gasteiger partial charge in [0.2, 0.25) is 0 Å². The van der Waals surface area contributed by atoms with E-state index in [1.165, 1.54) is 0 Å². The van der Waals surface area contributed by atoms with Crippen LogP contribution in [0.1, 0.15) is 38.3 Å². The van der Waals surface area contributed by atoms with Crippen molar-refractivity contribution in [1.82, 2.24) is 0 Å². The number of aliphatic hydroxyl groups is 1. The molecule has 108 valence electrons. The molecular formula is C15H25NO3. The summed E-state index contributed by atoms with van der Waals surface area (Å²) in [5.74, 6) is 1.92. The van der Waals surface area contributed by atoms with E-state index in [-0.39, 0.29) is 0 Å². The molecule has 1 aromatic carbocycles. The molecule has 0 unspecified atom stereocenters. The van der Waals surface area contributed by atoms with E-state index < -0.39 is 12.1 Å². The third kappa shape index (κ3) is 4.40. The lowest BCUT2D eigenvalue weighted by Gasteiger charge is -2.22. The van der Waals surface area contributed by atoms with Crippen LogP contribution in [0.3, 0.4) is 0 Å². The number of rotatable bonds is 7. The predicted molar refractivity (Wildman–Crippen MR) is 76.6 cm³/mol. The van der Waals surface area contributed by atoms with Crippen molar-refractivity contribution in [2.75, 3.05) is 14.2 Å². The number of ether oxygens (including phenoxy) is 2. The molecule has 2 atom stereocenters. The molecule has 0 fully saturated rings. The molecule has 0 aliphatic rings. The number of methoxy groups -OCH3 is 2. The average molecular weight is 267 g/mol. The molecule has 19 heavy (non-hydrogen) atoms. The van der Waals surface area contributed by atoms with Crippen LogP contribution in [0.15, 0.2) is 18.2 Å². The summed E-state index contributed by atoms with van der Waals surface area (Å²) in [6, 6.07) is 5.01. The third-order valence-corrected chi connectivity index (χ3v) is 3.25. The molecular weight excluding hydrogens is 242 g/mol. The summed E-state index contributed by atoms with van der Waals surface area (Å²) >= 11 is 0. The van der Waals surface area contributed by atoms with Crippen LogP contribution in [0.4, 0.5) is 0 Å². The fraction of sp³-hybridized carbons (Fsp3) is 0.600. The van der Waals surface area contributed by atoms with Crippen LogP contribution in [0.5, 0.6) is 11.5 Å². The SMILES string of the molecule is COc1ccc([C@H](N)[C@H](O)CCC(C)C)c(OC)c1. The maximum atomic E-state index is 10.2. The fourth-order valence-electron chi connectivity index (χ4n) is 1.98. The Balaban J connectivity index is 2.83. The van der Waals surface area contributed by atoms with Crippen LogP contribution in [-0.2, 0) is 0 Å². The van der Waals surface area contributed by atoms with E-state index >= 15 is 0 Å². The van der Waals surface area contributed by atoms with Gasteiger partial charge in [0.1, 0.15) is 11.5 Å². The van der Waals surface area contributed by atoms with Gasteiger partial charge in [-0.15, -0.1) is 0 Å². The van der Waals surface area contributed by atoms with Crippen molar-refractivity contribution in [3.05, 3.63) is 23.8 Å². The second kappa shape index (κ2) is 7.36. The minimum absolute atomic E-state index is 0.445. The Hall–Kier alpha value is -1.26. The van der Waals surface area contributed by atoms with Crippen LogP contribution >= 0.6 is 0 Å². The summed E-state index contributed by atoms with van der Waals surface area (Å²) < 4.78 is 10.5. The van der Waals surface area contributed by atoms with Crippen molar-refractivity contribution in [2.45, 2.75) is 38.8 Å². The minimum atomic E-state index is -0.565. The zero-order valence-electron chi connectivity index (χ0n) is 12.2. The van der Waals surface area contributed by atoms with Crippen LogP contribution < -0.4 is 15.2 Å². The normalized spacial score (nSPS) is 14.3. The molecule has 0 heterocycles. The molecule has 0 aliphatic heterocycles. The Kier molecular flexibility index (Phi) is 6.12. The highest BCUT2D eigenvalue weighted by molar-refractivity contribution is 5.42. The Morgan fingerprint density at radius 1 is 1.16 bits per heavy atom. The first-order valence-corrected chi connectivity index (χ1v) is 6.65. The molecule has 0 radical (unpaired) electrons. The van der Waals surface area contributed by atoms with Gasteiger partial charge >= 0.3 is 0 Å². The number of benzene rings is 1. The van der Waals surface area contributed by atoms with E-state index in [2.05, 4.69) is 13.8 Å². The standard InChI is InChI=1S/C15H25NO3/c1-10(2)5-8-13(17)15(16)12-7-6-11(18-3)9-14(12)19-4/h6-7,9-10,13,15,17H,5,8,16H2,1-4H3/t13-,15+/m1/s1. The summed E-state index contributed by atoms with van der Waals surface area (Å²) in [7, 11) is 3.19. The lowest BCUT2D eigenvalue weighted by atomic mass is 9.95. The average Bonchev–Trinajstić information content (AvgIpc) is 2.42.